The van der Waals surface area contributed by atoms with E-state index in [0.717, 1.165) is 28.8 Å². The first-order valence-electron chi connectivity index (χ1n) is 11.3. The zero-order valence-corrected chi connectivity index (χ0v) is 18.8. The third-order valence-corrected chi connectivity index (χ3v) is 6.99. The van der Waals surface area contributed by atoms with Gasteiger partial charge >= 0.3 is 0 Å². The van der Waals surface area contributed by atoms with Crippen molar-refractivity contribution in [2.75, 3.05) is 5.32 Å². The Labute approximate surface area is 195 Å². The van der Waals surface area contributed by atoms with E-state index in [1.54, 1.807) is 0 Å². The molecule has 32 heavy (non-hydrogen) atoms. The van der Waals surface area contributed by atoms with Crippen LogP contribution in [0.1, 0.15) is 29.5 Å². The van der Waals surface area contributed by atoms with Gasteiger partial charge in [0.25, 0.3) is 0 Å². The zero-order chi connectivity index (χ0) is 22.0. The van der Waals surface area contributed by atoms with Crippen LogP contribution in [-0.4, -0.2) is 16.3 Å². The van der Waals surface area contributed by atoms with Gasteiger partial charge in [0.1, 0.15) is 5.60 Å². The lowest BCUT2D eigenvalue weighted by atomic mass is 9.80. The SMILES string of the molecule is O[C@](Cc1ccccc1)(c1ccccc1)c1ccccc1NC(=S)N[C@H]1C[C@H]2C=C[C@H]1C2. The molecule has 0 amide bonds. The van der Waals surface area contributed by atoms with Crippen molar-refractivity contribution in [3.05, 3.63) is 114 Å². The van der Waals surface area contributed by atoms with Crippen molar-refractivity contribution in [2.24, 2.45) is 11.8 Å². The monoisotopic (exact) mass is 440 g/mol. The molecule has 0 spiro atoms. The van der Waals surface area contributed by atoms with Crippen LogP contribution in [0.15, 0.2) is 97.1 Å². The van der Waals surface area contributed by atoms with Crippen molar-refractivity contribution >= 4 is 23.0 Å². The quantitative estimate of drug-likeness (QED) is 0.354. The van der Waals surface area contributed by atoms with Gasteiger partial charge < -0.3 is 15.7 Å². The number of fused-ring (bicyclic) bond motifs is 2. The molecule has 0 saturated heterocycles. The minimum atomic E-state index is -1.20. The molecule has 2 bridgehead atoms. The molecule has 0 aliphatic heterocycles. The number of aliphatic hydroxyl groups is 1. The molecule has 0 heterocycles. The Morgan fingerprint density at radius 3 is 2.25 bits per heavy atom. The number of anilines is 1. The lowest BCUT2D eigenvalue weighted by Crippen LogP contribution is -2.40. The second kappa shape index (κ2) is 8.89. The average molecular weight is 441 g/mol. The average Bonchev–Trinajstić information content (AvgIpc) is 3.44. The standard InChI is InChI=1S/C28H28N2OS/c31-28(23-11-5-2-6-12-23,19-20-9-3-1-4-10-20)24-13-7-8-14-25(24)29-27(32)30-26-18-21-15-16-22(26)17-21/h1-16,21-22,26,31H,17-19H2,(H2,29,30,32)/t21-,22-,26-,28+/m0/s1. The Balaban J connectivity index is 1.44. The van der Waals surface area contributed by atoms with Crippen LogP contribution < -0.4 is 10.6 Å². The van der Waals surface area contributed by atoms with Crippen molar-refractivity contribution < 1.29 is 5.11 Å². The fourth-order valence-electron chi connectivity index (χ4n) is 5.18. The molecule has 1 fully saturated rings. The van der Waals surface area contributed by atoms with Gasteiger partial charge in [0.15, 0.2) is 5.11 Å². The van der Waals surface area contributed by atoms with Crippen LogP contribution in [0.25, 0.3) is 0 Å². The number of hydrogen-bond donors (Lipinski definition) is 3. The molecule has 5 rings (SSSR count). The Morgan fingerprint density at radius 2 is 1.56 bits per heavy atom. The fraction of sp³-hybridized carbons (Fsp3) is 0.250. The van der Waals surface area contributed by atoms with Gasteiger partial charge in [-0.15, -0.1) is 0 Å². The van der Waals surface area contributed by atoms with E-state index in [1.165, 1.54) is 6.42 Å². The van der Waals surface area contributed by atoms with E-state index in [2.05, 4.69) is 34.9 Å². The highest BCUT2D eigenvalue weighted by molar-refractivity contribution is 7.80. The van der Waals surface area contributed by atoms with Crippen molar-refractivity contribution in [2.45, 2.75) is 30.9 Å². The van der Waals surface area contributed by atoms with Crippen LogP contribution in [0.2, 0.25) is 0 Å². The maximum absolute atomic E-state index is 12.2. The van der Waals surface area contributed by atoms with Crippen LogP contribution in [0, 0.1) is 11.8 Å². The summed E-state index contributed by atoms with van der Waals surface area (Å²) in [5.74, 6) is 1.25. The van der Waals surface area contributed by atoms with Gasteiger partial charge in [0.05, 0.1) is 0 Å². The molecule has 2 aliphatic rings. The van der Waals surface area contributed by atoms with Gasteiger partial charge in [-0.2, -0.15) is 0 Å². The normalized spacial score (nSPS) is 23.0. The van der Waals surface area contributed by atoms with Gasteiger partial charge in [-0.1, -0.05) is 91.0 Å². The second-order valence-electron chi connectivity index (χ2n) is 8.92. The van der Waals surface area contributed by atoms with E-state index < -0.39 is 5.60 Å². The minimum Gasteiger partial charge on any atom is -0.380 e. The predicted molar refractivity (Wildman–Crippen MR) is 135 cm³/mol. The van der Waals surface area contributed by atoms with E-state index in [9.17, 15) is 5.11 Å². The lowest BCUT2D eigenvalue weighted by Gasteiger charge is -2.32. The van der Waals surface area contributed by atoms with Crippen LogP contribution in [0.3, 0.4) is 0 Å². The summed E-state index contributed by atoms with van der Waals surface area (Å²) in [6.07, 6.45) is 7.47. The summed E-state index contributed by atoms with van der Waals surface area (Å²) in [4.78, 5) is 0. The topological polar surface area (TPSA) is 44.3 Å². The van der Waals surface area contributed by atoms with Crippen molar-refractivity contribution in [1.82, 2.24) is 5.32 Å². The van der Waals surface area contributed by atoms with Gasteiger partial charge in [0, 0.05) is 23.7 Å². The number of hydrogen-bond acceptors (Lipinski definition) is 2. The highest BCUT2D eigenvalue weighted by Crippen LogP contribution is 2.40. The van der Waals surface area contributed by atoms with E-state index in [1.807, 2.05) is 72.8 Å². The van der Waals surface area contributed by atoms with Gasteiger partial charge in [-0.05, 0) is 54.1 Å². The first-order chi connectivity index (χ1) is 15.6. The summed E-state index contributed by atoms with van der Waals surface area (Å²) in [5.41, 5.74) is 2.37. The van der Waals surface area contributed by atoms with E-state index in [0.29, 0.717) is 29.4 Å². The molecular weight excluding hydrogens is 412 g/mol. The lowest BCUT2D eigenvalue weighted by molar-refractivity contribution is 0.0819. The number of allylic oxidation sites excluding steroid dienone is 1. The van der Waals surface area contributed by atoms with Gasteiger partial charge in [-0.25, -0.2) is 0 Å². The molecule has 162 valence electrons. The number of para-hydroxylation sites is 1. The van der Waals surface area contributed by atoms with E-state index in [-0.39, 0.29) is 0 Å². The third kappa shape index (κ3) is 4.21. The largest absolute Gasteiger partial charge is 0.380 e. The Bertz CT molecular complexity index is 1110. The number of rotatable bonds is 6. The van der Waals surface area contributed by atoms with Crippen LogP contribution in [-0.2, 0) is 12.0 Å². The summed E-state index contributed by atoms with van der Waals surface area (Å²) in [6.45, 7) is 0. The Kier molecular flexibility index (Phi) is 5.81. The highest BCUT2D eigenvalue weighted by Gasteiger charge is 2.37. The number of nitrogens with one attached hydrogen (secondary N) is 2. The highest BCUT2D eigenvalue weighted by atomic mass is 32.1. The van der Waals surface area contributed by atoms with Gasteiger partial charge in [0.2, 0.25) is 0 Å². The van der Waals surface area contributed by atoms with E-state index in [4.69, 9.17) is 12.2 Å². The van der Waals surface area contributed by atoms with Crippen molar-refractivity contribution in [3.8, 4) is 0 Å². The van der Waals surface area contributed by atoms with Crippen LogP contribution >= 0.6 is 12.2 Å². The third-order valence-electron chi connectivity index (χ3n) is 6.77. The van der Waals surface area contributed by atoms with Crippen molar-refractivity contribution in [3.63, 3.8) is 0 Å². The minimum absolute atomic E-state index is 0.384. The van der Waals surface area contributed by atoms with Crippen molar-refractivity contribution in [1.29, 1.82) is 0 Å². The molecule has 3 nitrogen and oxygen atoms in total. The predicted octanol–water partition coefficient (Wildman–Crippen LogP) is 5.42. The maximum atomic E-state index is 12.2. The molecule has 3 aromatic rings. The number of benzene rings is 3. The Hall–Kier alpha value is -2.95. The van der Waals surface area contributed by atoms with E-state index >= 15 is 0 Å². The molecular formula is C28H28N2OS. The second-order valence-corrected chi connectivity index (χ2v) is 9.33. The summed E-state index contributed by atoms with van der Waals surface area (Å²) >= 11 is 5.69. The molecule has 3 aromatic carbocycles. The summed E-state index contributed by atoms with van der Waals surface area (Å²) in [5, 5.41) is 19.7. The molecule has 0 aromatic heterocycles. The van der Waals surface area contributed by atoms with Gasteiger partial charge in [-0.3, -0.25) is 0 Å². The van der Waals surface area contributed by atoms with Crippen LogP contribution in [0.5, 0.6) is 0 Å². The molecule has 4 atom stereocenters. The molecule has 0 unspecified atom stereocenters. The first-order valence-corrected chi connectivity index (χ1v) is 11.7. The summed E-state index contributed by atoms with van der Waals surface area (Å²) in [7, 11) is 0. The first kappa shape index (κ1) is 20.9. The molecule has 0 radical (unpaired) electrons. The molecule has 1 saturated carbocycles. The zero-order valence-electron chi connectivity index (χ0n) is 17.9. The summed E-state index contributed by atoms with van der Waals surface area (Å²) in [6, 6.07) is 28.3. The fourth-order valence-corrected chi connectivity index (χ4v) is 5.45. The molecule has 3 N–H and O–H groups in total. The molecule has 2 aliphatic carbocycles. The summed E-state index contributed by atoms with van der Waals surface area (Å²) < 4.78 is 0. The molecule has 4 heteroatoms. The number of thiocarbonyl (C=S) groups is 1. The Morgan fingerprint density at radius 1 is 0.875 bits per heavy atom. The smallest absolute Gasteiger partial charge is 0.171 e. The maximum Gasteiger partial charge on any atom is 0.171 e. The van der Waals surface area contributed by atoms with Crippen LogP contribution in [0.4, 0.5) is 5.69 Å².